The van der Waals surface area contributed by atoms with E-state index in [4.69, 9.17) is 9.73 Å². The van der Waals surface area contributed by atoms with Gasteiger partial charge in [-0.15, -0.1) is 0 Å². The largest absolute Gasteiger partial charge is 0.487 e. The Morgan fingerprint density at radius 3 is 2.49 bits per heavy atom. The van der Waals surface area contributed by atoms with Gasteiger partial charge in [0, 0.05) is 26.1 Å². The highest BCUT2D eigenvalue weighted by molar-refractivity contribution is 6.08. The highest BCUT2D eigenvalue weighted by Gasteiger charge is 2.59. The van der Waals surface area contributed by atoms with Gasteiger partial charge in [-0.25, -0.2) is 4.99 Å². The van der Waals surface area contributed by atoms with Crippen molar-refractivity contribution in [3.05, 3.63) is 53.6 Å². The molecule has 1 saturated carbocycles. The molecular formula is C29H34N4O2. The van der Waals surface area contributed by atoms with Gasteiger partial charge in [0.05, 0.1) is 11.6 Å². The summed E-state index contributed by atoms with van der Waals surface area (Å²) in [4.78, 5) is 20.6. The van der Waals surface area contributed by atoms with Crippen molar-refractivity contribution < 1.29 is 9.53 Å². The topological polar surface area (TPSA) is 77.7 Å². The number of fused-ring (bicyclic) bond motifs is 2. The third-order valence-corrected chi connectivity index (χ3v) is 8.27. The van der Waals surface area contributed by atoms with Crippen molar-refractivity contribution >= 4 is 11.9 Å². The molecule has 1 aliphatic carbocycles. The molecule has 2 aromatic rings. The minimum atomic E-state index is -1.02. The van der Waals surface area contributed by atoms with Crippen LogP contribution in [-0.4, -0.2) is 36.5 Å². The lowest BCUT2D eigenvalue weighted by atomic mass is 9.64. The summed E-state index contributed by atoms with van der Waals surface area (Å²) in [6.07, 6.45) is 4.55. The summed E-state index contributed by atoms with van der Waals surface area (Å²) >= 11 is 0. The number of likely N-dealkylation sites (N-methyl/N-ethyl adjacent to an activating group) is 1. The summed E-state index contributed by atoms with van der Waals surface area (Å²) in [6.45, 7) is 6.95. The van der Waals surface area contributed by atoms with E-state index in [0.29, 0.717) is 23.9 Å². The van der Waals surface area contributed by atoms with Crippen LogP contribution < -0.4 is 10.1 Å². The van der Waals surface area contributed by atoms with E-state index in [0.717, 1.165) is 48.1 Å². The molecular weight excluding hydrogens is 436 g/mol. The van der Waals surface area contributed by atoms with Crippen LogP contribution in [0.1, 0.15) is 64.0 Å². The highest BCUT2D eigenvalue weighted by atomic mass is 16.5. The molecule has 1 amide bonds. The maximum Gasteiger partial charge on any atom is 0.261 e. The Hall–Kier alpha value is -3.33. The van der Waals surface area contributed by atoms with Crippen LogP contribution in [0.2, 0.25) is 0 Å². The molecule has 0 saturated heterocycles. The zero-order valence-electron chi connectivity index (χ0n) is 21.3. The molecule has 182 valence electrons. The van der Waals surface area contributed by atoms with Crippen molar-refractivity contribution in [2.24, 2.45) is 16.3 Å². The lowest BCUT2D eigenvalue weighted by Crippen LogP contribution is -2.53. The van der Waals surface area contributed by atoms with Gasteiger partial charge < -0.3 is 10.1 Å². The number of nitrogens with one attached hydrogen (secondary N) is 1. The maximum atomic E-state index is 13.9. The van der Waals surface area contributed by atoms with E-state index in [-0.39, 0.29) is 11.3 Å². The standard InChI is InChI=1S/C29H34N4O2/c1-27(2,3)22-11-13-28(14-12-22)18-29(25(34)33(5)26(31-4)32-29)23-16-21(9-10-24(23)35-28)20-8-6-7-19(15-20)17-30/h6-10,15-16,22H,11-14,18H2,1-5H3,(H,31,32). The third kappa shape index (κ3) is 3.78. The fourth-order valence-corrected chi connectivity index (χ4v) is 6.20. The number of rotatable bonds is 1. The first-order chi connectivity index (χ1) is 16.6. The maximum absolute atomic E-state index is 13.9. The Kier molecular flexibility index (Phi) is 5.43. The van der Waals surface area contributed by atoms with Crippen molar-refractivity contribution in [3.8, 4) is 22.9 Å². The fourth-order valence-electron chi connectivity index (χ4n) is 6.20. The first-order valence-corrected chi connectivity index (χ1v) is 12.5. The van der Waals surface area contributed by atoms with Gasteiger partial charge in [-0.1, -0.05) is 39.0 Å². The quantitative estimate of drug-likeness (QED) is 0.619. The summed E-state index contributed by atoms with van der Waals surface area (Å²) in [6, 6.07) is 15.8. The normalized spacial score (nSPS) is 27.9. The fraction of sp³-hybridized carbons (Fsp3) is 0.483. The van der Waals surface area contributed by atoms with E-state index >= 15 is 0 Å². The van der Waals surface area contributed by atoms with Crippen LogP contribution in [0.3, 0.4) is 0 Å². The Bertz CT molecular complexity index is 1240. The predicted molar refractivity (Wildman–Crippen MR) is 137 cm³/mol. The van der Waals surface area contributed by atoms with E-state index in [9.17, 15) is 10.1 Å². The number of carbonyl (C=O) groups excluding carboxylic acids is 1. The summed E-state index contributed by atoms with van der Waals surface area (Å²) in [7, 11) is 3.58. The second-order valence-electron chi connectivity index (χ2n) is 11.4. The minimum Gasteiger partial charge on any atom is -0.487 e. The summed E-state index contributed by atoms with van der Waals surface area (Å²) in [5, 5.41) is 12.5. The molecule has 2 aromatic carbocycles. The van der Waals surface area contributed by atoms with Crippen LogP contribution in [0.25, 0.3) is 11.1 Å². The average molecular weight is 471 g/mol. The SMILES string of the molecule is CNC1=NC2(CC3(CCC(C(C)(C)C)CC3)Oc3ccc(-c4cccc(C#N)c4)cc32)C(=O)N1C. The molecule has 35 heavy (non-hydrogen) atoms. The van der Waals surface area contributed by atoms with Crippen molar-refractivity contribution in [2.45, 2.75) is 64.0 Å². The van der Waals surface area contributed by atoms with Crippen molar-refractivity contribution in [3.63, 3.8) is 0 Å². The van der Waals surface area contributed by atoms with Gasteiger partial charge in [0.25, 0.3) is 5.91 Å². The van der Waals surface area contributed by atoms with Crippen LogP contribution in [0.4, 0.5) is 0 Å². The van der Waals surface area contributed by atoms with Crippen LogP contribution in [-0.2, 0) is 10.3 Å². The molecule has 6 nitrogen and oxygen atoms in total. The van der Waals surface area contributed by atoms with E-state index < -0.39 is 11.1 Å². The first kappa shape index (κ1) is 23.4. The predicted octanol–water partition coefficient (Wildman–Crippen LogP) is 5.23. The van der Waals surface area contributed by atoms with E-state index in [1.807, 2.05) is 36.4 Å². The van der Waals surface area contributed by atoms with Gasteiger partial charge >= 0.3 is 0 Å². The number of carbonyl (C=O) groups is 1. The molecule has 1 unspecified atom stereocenters. The molecule has 0 radical (unpaired) electrons. The molecule has 6 heteroatoms. The van der Waals surface area contributed by atoms with Crippen LogP contribution in [0.15, 0.2) is 47.5 Å². The number of hydrogen-bond acceptors (Lipinski definition) is 5. The number of aliphatic imine (C=N–C) groups is 1. The lowest BCUT2D eigenvalue weighted by molar-refractivity contribution is -0.135. The van der Waals surface area contributed by atoms with E-state index in [1.54, 1.807) is 25.1 Å². The van der Waals surface area contributed by atoms with Gasteiger partial charge in [0.1, 0.15) is 11.4 Å². The van der Waals surface area contributed by atoms with Crippen molar-refractivity contribution in [1.29, 1.82) is 5.26 Å². The summed E-state index contributed by atoms with van der Waals surface area (Å²) in [5.41, 5.74) is 2.14. The monoisotopic (exact) mass is 470 g/mol. The van der Waals surface area contributed by atoms with Gasteiger partial charge in [-0.2, -0.15) is 5.26 Å². The smallest absolute Gasteiger partial charge is 0.261 e. The molecule has 3 aliphatic rings. The molecule has 1 N–H and O–H groups in total. The number of nitriles is 1. The molecule has 0 aromatic heterocycles. The molecule has 1 fully saturated rings. The van der Waals surface area contributed by atoms with E-state index in [1.165, 1.54) is 0 Å². The number of benzene rings is 2. The molecule has 0 bridgehead atoms. The number of guanidine groups is 1. The third-order valence-electron chi connectivity index (χ3n) is 8.27. The first-order valence-electron chi connectivity index (χ1n) is 12.5. The molecule has 5 rings (SSSR count). The lowest BCUT2D eigenvalue weighted by Gasteiger charge is -2.49. The van der Waals surface area contributed by atoms with Gasteiger partial charge in [0.2, 0.25) is 5.96 Å². The summed E-state index contributed by atoms with van der Waals surface area (Å²) < 4.78 is 6.78. The molecule has 2 spiro atoms. The summed E-state index contributed by atoms with van der Waals surface area (Å²) in [5.74, 6) is 1.94. The van der Waals surface area contributed by atoms with Crippen LogP contribution >= 0.6 is 0 Å². The number of hydrogen-bond donors (Lipinski definition) is 1. The highest BCUT2D eigenvalue weighted by Crippen LogP contribution is 2.55. The molecule has 2 aliphatic heterocycles. The number of ether oxygens (including phenoxy) is 1. The van der Waals surface area contributed by atoms with Crippen LogP contribution in [0, 0.1) is 22.7 Å². The Labute approximate surface area is 208 Å². The van der Waals surface area contributed by atoms with E-state index in [2.05, 4.69) is 32.2 Å². The Morgan fingerprint density at radius 1 is 1.14 bits per heavy atom. The molecule has 2 heterocycles. The van der Waals surface area contributed by atoms with Gasteiger partial charge in [0.15, 0.2) is 5.54 Å². The second kappa shape index (κ2) is 8.12. The Morgan fingerprint density at radius 2 is 1.86 bits per heavy atom. The van der Waals surface area contributed by atoms with Crippen molar-refractivity contribution in [2.75, 3.05) is 14.1 Å². The van der Waals surface area contributed by atoms with Crippen LogP contribution in [0.5, 0.6) is 5.75 Å². The minimum absolute atomic E-state index is 0.0216. The zero-order valence-corrected chi connectivity index (χ0v) is 21.3. The molecule has 1 atom stereocenters. The second-order valence-corrected chi connectivity index (χ2v) is 11.4. The number of amides is 1. The average Bonchev–Trinajstić information content (AvgIpc) is 3.08. The van der Waals surface area contributed by atoms with Gasteiger partial charge in [-0.05, 0) is 72.4 Å². The van der Waals surface area contributed by atoms with Gasteiger partial charge in [-0.3, -0.25) is 9.69 Å². The Balaban J connectivity index is 1.61. The number of nitrogens with zero attached hydrogens (tertiary/aromatic N) is 3. The van der Waals surface area contributed by atoms with Crippen molar-refractivity contribution in [1.82, 2.24) is 10.2 Å². The zero-order chi connectivity index (χ0) is 25.0.